The number of anilines is 2. The Bertz CT molecular complexity index is 1780. The van der Waals surface area contributed by atoms with Gasteiger partial charge >= 0.3 is 0 Å². The minimum absolute atomic E-state index is 0.265. The second-order valence-electron chi connectivity index (χ2n) is 14.6. The van der Waals surface area contributed by atoms with Gasteiger partial charge in [-0.15, -0.1) is 0 Å². The number of piperazine rings is 3. The molecule has 6 rings (SSSR count). The van der Waals surface area contributed by atoms with Crippen LogP contribution in [0, 0.1) is 0 Å². The van der Waals surface area contributed by atoms with Gasteiger partial charge in [-0.25, -0.2) is 19.9 Å². The van der Waals surface area contributed by atoms with Gasteiger partial charge in [-0.05, 0) is 59.4 Å². The first-order chi connectivity index (χ1) is 28.6. The summed E-state index contributed by atoms with van der Waals surface area (Å²) in [5, 5.41) is 4.38. The molecule has 0 bridgehead atoms. The molecule has 0 atom stereocenters. The van der Waals surface area contributed by atoms with Crippen LogP contribution in [0.4, 0.5) is 11.6 Å². The van der Waals surface area contributed by atoms with Crippen LogP contribution in [-0.2, 0) is 4.74 Å². The number of ether oxygens (including phenoxy) is 3. The van der Waals surface area contributed by atoms with Crippen LogP contribution in [0.5, 0.6) is 11.5 Å². The van der Waals surface area contributed by atoms with Crippen molar-refractivity contribution in [3.63, 3.8) is 0 Å². The maximum absolute atomic E-state index is 6.10. The molecule has 0 radical (unpaired) electrons. The minimum Gasteiger partial charge on any atom is -0.496 e. The van der Waals surface area contributed by atoms with Gasteiger partial charge in [0, 0.05) is 108 Å². The maximum Gasteiger partial charge on any atom is 0.163 e. The summed E-state index contributed by atoms with van der Waals surface area (Å²) in [6, 6.07) is 4.00. The van der Waals surface area contributed by atoms with Gasteiger partial charge in [-0.2, -0.15) is 0 Å². The molecule has 0 amide bonds. The fourth-order valence-corrected chi connectivity index (χ4v) is 6.88. The lowest BCUT2D eigenvalue weighted by atomic mass is 10.2. The Morgan fingerprint density at radius 2 is 1.44 bits per heavy atom. The first kappa shape index (κ1) is 48.4. The molecule has 0 saturated carbocycles. The van der Waals surface area contributed by atoms with Crippen LogP contribution in [-0.4, -0.2) is 147 Å². The Morgan fingerprint density at radius 3 is 2.03 bits per heavy atom. The lowest BCUT2D eigenvalue weighted by molar-refractivity contribution is 0.149. The van der Waals surface area contributed by atoms with Crippen molar-refractivity contribution in [1.82, 2.24) is 40.0 Å². The zero-order valence-corrected chi connectivity index (χ0v) is 37.4. The summed E-state index contributed by atoms with van der Waals surface area (Å²) in [6.45, 7) is 41.1. The molecule has 1 aromatic carbocycles. The van der Waals surface area contributed by atoms with Crippen molar-refractivity contribution in [2.45, 2.75) is 54.1 Å². The highest BCUT2D eigenvalue weighted by Crippen LogP contribution is 2.35. The van der Waals surface area contributed by atoms with E-state index < -0.39 is 0 Å². The predicted molar refractivity (Wildman–Crippen MR) is 248 cm³/mol. The van der Waals surface area contributed by atoms with Gasteiger partial charge < -0.3 is 44.0 Å². The molecule has 0 unspecified atom stereocenters. The van der Waals surface area contributed by atoms with E-state index in [2.05, 4.69) is 90.0 Å². The van der Waals surface area contributed by atoms with Crippen molar-refractivity contribution in [1.29, 1.82) is 0 Å². The molecule has 3 aliphatic rings. The van der Waals surface area contributed by atoms with Crippen LogP contribution in [0.1, 0.15) is 59.2 Å². The van der Waals surface area contributed by atoms with Gasteiger partial charge in [0.15, 0.2) is 11.5 Å². The molecule has 324 valence electrons. The predicted octanol–water partition coefficient (Wildman–Crippen LogP) is 7.01. The SMILES string of the molecule is C=C(C)N1CCN(c2ncnc3cc(OCCCN4CCNCC4)c(OC)cc23)CC1.C=C/C=C(\C)OC(C)C.C=Cc1ncnc(N2CCN(C)CC2)c1C=C.CC. The van der Waals surface area contributed by atoms with Crippen LogP contribution >= 0.6 is 0 Å². The Balaban J connectivity index is 0.000000278. The van der Waals surface area contributed by atoms with E-state index in [9.17, 15) is 0 Å². The van der Waals surface area contributed by atoms with Crippen LogP contribution in [0.15, 0.2) is 74.7 Å². The topological polar surface area (TPSA) is 107 Å². The fraction of sp³-hybridized carbons (Fsp3) is 0.522. The zero-order chi connectivity index (χ0) is 43.2. The number of allylic oxidation sites excluding steroid dienone is 4. The number of rotatable bonds is 14. The smallest absolute Gasteiger partial charge is 0.163 e. The summed E-state index contributed by atoms with van der Waals surface area (Å²) in [5.41, 5.74) is 3.83. The van der Waals surface area contributed by atoms with Gasteiger partial charge in [0.25, 0.3) is 0 Å². The van der Waals surface area contributed by atoms with E-state index in [-0.39, 0.29) is 6.10 Å². The summed E-state index contributed by atoms with van der Waals surface area (Å²) in [6.07, 6.45) is 11.6. The summed E-state index contributed by atoms with van der Waals surface area (Å²) in [5.74, 6) is 4.31. The van der Waals surface area contributed by atoms with Gasteiger partial charge in [0.05, 0.1) is 36.8 Å². The molecule has 2 aromatic heterocycles. The molecule has 13 heteroatoms. The van der Waals surface area contributed by atoms with Crippen molar-refractivity contribution in [2.75, 3.05) is 116 Å². The highest BCUT2D eigenvalue weighted by atomic mass is 16.5. The molecular formula is C46H72N10O3. The molecule has 13 nitrogen and oxygen atoms in total. The summed E-state index contributed by atoms with van der Waals surface area (Å²) in [4.78, 5) is 29.4. The quantitative estimate of drug-likeness (QED) is 0.103. The minimum atomic E-state index is 0.265. The third-order valence-electron chi connectivity index (χ3n) is 9.97. The number of hydrogen-bond acceptors (Lipinski definition) is 13. The molecule has 1 N–H and O–H groups in total. The average molecular weight is 813 g/mol. The number of nitrogens with one attached hydrogen (secondary N) is 1. The Hall–Kier alpha value is -4.98. The standard InChI is InChI=1S/C23H34N6O2.C13H18N4.C8H14O.C2H6/c1-18(2)28-10-12-29(13-11-28)23-19-15-21(30-3)22(16-20(19)25-17-26-23)31-14-4-7-27-8-5-24-6-9-27;1-4-11-12(5-2)14-10-15-13(11)17-8-6-16(3)7-9-17;1-5-6-8(4)9-7(2)3;1-2/h15-17,24H,1,4-14H2,2-3H3;4-5,10H,1-2,6-9H2,3H3;5-7H,1H2,2-4H3;1-2H3/b;;8-6+;. The number of hydrogen-bond donors (Lipinski definition) is 1. The van der Waals surface area contributed by atoms with Gasteiger partial charge in [-0.1, -0.05) is 52.3 Å². The average Bonchev–Trinajstić information content (AvgIpc) is 3.26. The van der Waals surface area contributed by atoms with Gasteiger partial charge in [0.2, 0.25) is 0 Å². The number of methoxy groups -OCH3 is 1. The van der Waals surface area contributed by atoms with Crippen LogP contribution in [0.3, 0.4) is 0 Å². The molecule has 3 aliphatic heterocycles. The maximum atomic E-state index is 6.10. The van der Waals surface area contributed by atoms with E-state index in [0.29, 0.717) is 6.61 Å². The largest absolute Gasteiger partial charge is 0.496 e. The molecule has 3 saturated heterocycles. The van der Waals surface area contributed by atoms with Gasteiger partial charge in [0.1, 0.15) is 24.3 Å². The van der Waals surface area contributed by atoms with Crippen LogP contribution in [0.25, 0.3) is 23.1 Å². The summed E-state index contributed by atoms with van der Waals surface area (Å²) >= 11 is 0. The van der Waals surface area contributed by atoms with Crippen molar-refractivity contribution in [3.05, 3.63) is 86.0 Å². The first-order valence-electron chi connectivity index (χ1n) is 21.1. The Morgan fingerprint density at radius 1 is 0.814 bits per heavy atom. The molecular weight excluding hydrogens is 741 g/mol. The second kappa shape index (κ2) is 26.2. The zero-order valence-electron chi connectivity index (χ0n) is 37.4. The normalized spacial score (nSPS) is 16.1. The molecule has 5 heterocycles. The Labute approximate surface area is 355 Å². The molecule has 0 spiro atoms. The van der Waals surface area contributed by atoms with E-state index in [0.717, 1.165) is 148 Å². The lowest BCUT2D eigenvalue weighted by Gasteiger charge is -2.37. The highest BCUT2D eigenvalue weighted by Gasteiger charge is 2.22. The molecule has 0 aliphatic carbocycles. The second-order valence-corrected chi connectivity index (χ2v) is 14.6. The molecule has 59 heavy (non-hydrogen) atoms. The number of aromatic nitrogens is 4. The third-order valence-corrected chi connectivity index (χ3v) is 9.97. The third kappa shape index (κ3) is 15.3. The van der Waals surface area contributed by atoms with Crippen molar-refractivity contribution >= 4 is 34.7 Å². The number of nitrogens with zero attached hydrogens (tertiary/aromatic N) is 9. The van der Waals surface area contributed by atoms with Crippen molar-refractivity contribution in [2.24, 2.45) is 0 Å². The van der Waals surface area contributed by atoms with Crippen molar-refractivity contribution < 1.29 is 14.2 Å². The van der Waals surface area contributed by atoms with Crippen molar-refractivity contribution in [3.8, 4) is 11.5 Å². The van der Waals surface area contributed by atoms with E-state index in [1.165, 1.54) is 0 Å². The number of benzene rings is 1. The van der Waals surface area contributed by atoms with Gasteiger partial charge in [-0.3, -0.25) is 0 Å². The molecule has 3 aromatic rings. The molecule has 3 fully saturated rings. The fourth-order valence-electron chi connectivity index (χ4n) is 6.88. The highest BCUT2D eigenvalue weighted by molar-refractivity contribution is 5.92. The summed E-state index contributed by atoms with van der Waals surface area (Å²) < 4.78 is 17.0. The van der Waals surface area contributed by atoms with E-state index in [1.807, 2.05) is 58.9 Å². The van der Waals surface area contributed by atoms with E-state index >= 15 is 0 Å². The Kier molecular flexibility index (Phi) is 21.5. The van der Waals surface area contributed by atoms with E-state index in [1.54, 1.807) is 31.9 Å². The number of fused-ring (bicyclic) bond motifs is 1. The number of likely N-dealkylation sites (N-methyl/N-ethyl adjacent to an activating group) is 1. The monoisotopic (exact) mass is 813 g/mol. The van der Waals surface area contributed by atoms with E-state index in [4.69, 9.17) is 14.2 Å². The lowest BCUT2D eigenvalue weighted by Crippen LogP contribution is -2.45. The van der Waals surface area contributed by atoms with Crippen LogP contribution in [0.2, 0.25) is 0 Å². The summed E-state index contributed by atoms with van der Waals surface area (Å²) in [7, 11) is 3.82. The first-order valence-corrected chi connectivity index (χ1v) is 21.1. The van der Waals surface area contributed by atoms with Crippen LogP contribution < -0.4 is 24.6 Å².